The van der Waals surface area contributed by atoms with Crippen LogP contribution in [0.4, 0.5) is 4.39 Å². The van der Waals surface area contributed by atoms with Crippen LogP contribution in [-0.4, -0.2) is 59.7 Å². The maximum atomic E-state index is 13.4. The van der Waals surface area contributed by atoms with Gasteiger partial charge in [0.15, 0.2) is 0 Å². The van der Waals surface area contributed by atoms with E-state index in [1.165, 1.54) is 28.7 Å². The lowest BCUT2D eigenvalue weighted by atomic mass is 9.95. The van der Waals surface area contributed by atoms with Crippen LogP contribution in [0.2, 0.25) is 0 Å². The molecule has 0 bridgehead atoms. The van der Waals surface area contributed by atoms with Crippen molar-refractivity contribution in [1.29, 1.82) is 0 Å². The van der Waals surface area contributed by atoms with Crippen LogP contribution in [0.3, 0.4) is 0 Å². The number of rotatable bonds is 5. The number of aromatic nitrogens is 1. The summed E-state index contributed by atoms with van der Waals surface area (Å²) in [5.74, 6) is 0.230. The summed E-state index contributed by atoms with van der Waals surface area (Å²) >= 11 is 0. The first-order valence-electron chi connectivity index (χ1n) is 11.6. The normalized spacial score (nSPS) is 18.3. The molecule has 2 saturated heterocycles. The topological polar surface area (TPSA) is 37.7 Å². The van der Waals surface area contributed by atoms with Gasteiger partial charge >= 0.3 is 0 Å². The summed E-state index contributed by atoms with van der Waals surface area (Å²) in [6.45, 7) is 6.19. The molecule has 6 heteroatoms. The van der Waals surface area contributed by atoms with Crippen LogP contribution < -0.4 is 0 Å². The molecule has 32 heavy (non-hydrogen) atoms. The molecule has 2 fully saturated rings. The summed E-state index contributed by atoms with van der Waals surface area (Å²) in [6, 6.07) is 17.5. The predicted molar refractivity (Wildman–Crippen MR) is 123 cm³/mol. The van der Waals surface area contributed by atoms with Gasteiger partial charge in [-0.25, -0.2) is 4.39 Å². The number of fused-ring (bicyclic) bond motifs is 1. The van der Waals surface area contributed by atoms with Crippen molar-refractivity contribution in [3.05, 3.63) is 71.7 Å². The van der Waals surface area contributed by atoms with E-state index in [-0.39, 0.29) is 11.7 Å². The average molecular weight is 436 g/mol. The lowest BCUT2D eigenvalue weighted by molar-refractivity contribution is -0.141. The zero-order valence-corrected chi connectivity index (χ0v) is 18.4. The van der Waals surface area contributed by atoms with Crippen molar-refractivity contribution in [2.45, 2.75) is 25.9 Å². The van der Waals surface area contributed by atoms with Crippen LogP contribution in [0.15, 0.2) is 54.6 Å². The number of amides is 1. The third kappa shape index (κ3) is 4.57. The number of benzene rings is 2. The highest BCUT2D eigenvalue weighted by Gasteiger charge is 2.29. The maximum absolute atomic E-state index is 13.4. The fourth-order valence-electron chi connectivity index (χ4n) is 4.97. The third-order valence-electron chi connectivity index (χ3n) is 6.80. The number of hydrogen-bond acceptors (Lipinski definition) is 3. The molecule has 2 aliphatic rings. The van der Waals surface area contributed by atoms with E-state index >= 15 is 0 Å². The van der Waals surface area contributed by atoms with Crippen molar-refractivity contribution in [3.63, 3.8) is 0 Å². The third-order valence-corrected chi connectivity index (χ3v) is 6.80. The molecule has 0 aliphatic carbocycles. The van der Waals surface area contributed by atoms with Gasteiger partial charge in [0.25, 0.3) is 0 Å². The number of likely N-dealkylation sites (tertiary alicyclic amines) is 1. The van der Waals surface area contributed by atoms with E-state index in [1.807, 2.05) is 17.0 Å². The molecule has 1 aromatic heterocycles. The van der Waals surface area contributed by atoms with Crippen LogP contribution in [0.25, 0.3) is 10.9 Å². The van der Waals surface area contributed by atoms with Crippen molar-refractivity contribution in [2.75, 3.05) is 39.4 Å². The minimum absolute atomic E-state index is 0.134. The fourth-order valence-corrected chi connectivity index (χ4v) is 4.97. The quantitative estimate of drug-likeness (QED) is 0.610. The molecule has 0 spiro atoms. The number of morpholine rings is 1. The predicted octanol–water partition coefficient (Wildman–Crippen LogP) is 3.90. The van der Waals surface area contributed by atoms with Gasteiger partial charge in [0.1, 0.15) is 5.82 Å². The van der Waals surface area contributed by atoms with E-state index in [9.17, 15) is 9.18 Å². The van der Waals surface area contributed by atoms with E-state index in [2.05, 4.69) is 39.8 Å². The molecule has 0 radical (unpaired) electrons. The monoisotopic (exact) mass is 435 g/mol. The van der Waals surface area contributed by atoms with Gasteiger partial charge in [-0.3, -0.25) is 9.69 Å². The summed E-state index contributed by atoms with van der Waals surface area (Å²) < 4.78 is 21.1. The Bertz CT molecular complexity index is 1060. The van der Waals surface area contributed by atoms with E-state index in [0.29, 0.717) is 19.1 Å². The van der Waals surface area contributed by atoms with E-state index in [4.69, 9.17) is 4.74 Å². The molecule has 2 aliphatic heterocycles. The van der Waals surface area contributed by atoms with E-state index in [0.717, 1.165) is 57.7 Å². The highest BCUT2D eigenvalue weighted by molar-refractivity contribution is 5.81. The second kappa shape index (κ2) is 9.43. The number of para-hydroxylation sites is 1. The Morgan fingerprint density at radius 1 is 0.938 bits per heavy atom. The Kier molecular flexibility index (Phi) is 6.23. The van der Waals surface area contributed by atoms with Crippen molar-refractivity contribution >= 4 is 16.8 Å². The van der Waals surface area contributed by atoms with Crippen molar-refractivity contribution in [3.8, 4) is 0 Å². The minimum atomic E-state index is -0.208. The van der Waals surface area contributed by atoms with Gasteiger partial charge in [0, 0.05) is 43.3 Å². The molecule has 3 aromatic rings. The summed E-state index contributed by atoms with van der Waals surface area (Å²) in [5.41, 5.74) is 3.54. The Labute approximate surface area is 188 Å². The molecular weight excluding hydrogens is 405 g/mol. The van der Waals surface area contributed by atoms with E-state index in [1.54, 1.807) is 0 Å². The zero-order valence-electron chi connectivity index (χ0n) is 18.4. The maximum Gasteiger partial charge on any atom is 0.225 e. The molecule has 0 unspecified atom stereocenters. The van der Waals surface area contributed by atoms with Crippen molar-refractivity contribution in [2.24, 2.45) is 5.92 Å². The first-order chi connectivity index (χ1) is 15.7. The number of carbonyl (C=O) groups is 1. The number of halogens is 1. The summed E-state index contributed by atoms with van der Waals surface area (Å²) in [6.07, 6.45) is 1.82. The smallest absolute Gasteiger partial charge is 0.225 e. The Balaban J connectivity index is 1.28. The van der Waals surface area contributed by atoms with Crippen molar-refractivity contribution in [1.82, 2.24) is 14.4 Å². The average Bonchev–Trinajstić information content (AvgIpc) is 3.18. The van der Waals surface area contributed by atoms with Crippen LogP contribution in [0.5, 0.6) is 0 Å². The van der Waals surface area contributed by atoms with Crippen LogP contribution in [0.1, 0.15) is 24.1 Å². The van der Waals surface area contributed by atoms with Gasteiger partial charge in [-0.2, -0.15) is 0 Å². The molecule has 168 valence electrons. The number of ether oxygens (including phenoxy) is 1. The Hall–Kier alpha value is -2.70. The number of hydrogen-bond donors (Lipinski definition) is 0. The largest absolute Gasteiger partial charge is 0.378 e. The standard InChI is InChI=1S/C26H30FN3O2/c27-23-7-5-20(6-8-23)18-30-24(17-22-3-1-2-4-25(22)30)19-28-11-9-21(10-12-28)26(31)29-13-15-32-16-14-29/h1-8,17,21H,9-16,18-19H2. The van der Waals surface area contributed by atoms with E-state index < -0.39 is 0 Å². The highest BCUT2D eigenvalue weighted by Crippen LogP contribution is 2.26. The zero-order chi connectivity index (χ0) is 21.9. The SMILES string of the molecule is O=C(C1CCN(Cc2cc3ccccc3n2Cc2ccc(F)cc2)CC1)N1CCOCC1. The molecule has 0 saturated carbocycles. The second-order valence-corrected chi connectivity index (χ2v) is 8.90. The fraction of sp³-hybridized carbons (Fsp3) is 0.423. The molecule has 3 heterocycles. The number of piperidine rings is 1. The van der Waals surface area contributed by atoms with Gasteiger partial charge in [0.2, 0.25) is 5.91 Å². The number of nitrogens with zero attached hydrogens (tertiary/aromatic N) is 3. The lowest BCUT2D eigenvalue weighted by Gasteiger charge is -2.35. The molecule has 2 aromatic carbocycles. The molecule has 0 atom stereocenters. The summed E-state index contributed by atoms with van der Waals surface area (Å²) in [4.78, 5) is 17.3. The Morgan fingerprint density at radius 2 is 1.66 bits per heavy atom. The lowest BCUT2D eigenvalue weighted by Crippen LogP contribution is -2.46. The van der Waals surface area contributed by atoms with Crippen molar-refractivity contribution < 1.29 is 13.9 Å². The van der Waals surface area contributed by atoms with Gasteiger partial charge in [-0.1, -0.05) is 30.3 Å². The second-order valence-electron chi connectivity index (χ2n) is 8.90. The molecule has 5 nitrogen and oxygen atoms in total. The molecular formula is C26H30FN3O2. The highest BCUT2D eigenvalue weighted by atomic mass is 19.1. The molecule has 0 N–H and O–H groups in total. The van der Waals surface area contributed by atoms with Gasteiger partial charge in [-0.15, -0.1) is 0 Å². The Morgan fingerprint density at radius 3 is 2.41 bits per heavy atom. The van der Waals surface area contributed by atoms with Gasteiger partial charge < -0.3 is 14.2 Å². The van der Waals surface area contributed by atoms with Crippen LogP contribution in [0, 0.1) is 11.7 Å². The number of carbonyl (C=O) groups excluding carboxylic acids is 1. The van der Waals surface area contributed by atoms with Crippen LogP contribution in [-0.2, 0) is 22.6 Å². The van der Waals surface area contributed by atoms with Gasteiger partial charge in [-0.05, 0) is 61.1 Å². The summed E-state index contributed by atoms with van der Waals surface area (Å²) in [5, 5.41) is 1.22. The van der Waals surface area contributed by atoms with Crippen LogP contribution >= 0.6 is 0 Å². The minimum Gasteiger partial charge on any atom is -0.378 e. The first-order valence-corrected chi connectivity index (χ1v) is 11.6. The molecule has 5 rings (SSSR count). The summed E-state index contributed by atoms with van der Waals surface area (Å²) in [7, 11) is 0. The first kappa shape index (κ1) is 21.2. The van der Waals surface area contributed by atoms with Gasteiger partial charge in [0.05, 0.1) is 13.2 Å². The molecule has 1 amide bonds.